The molecule has 0 spiro atoms. The fourth-order valence-corrected chi connectivity index (χ4v) is 2.86. The number of thioether (sulfide) groups is 1. The van der Waals surface area contributed by atoms with Crippen molar-refractivity contribution in [3.8, 4) is 0 Å². The zero-order valence-corrected chi connectivity index (χ0v) is 10.4. The molecule has 1 aromatic carbocycles. The molecule has 0 saturated heterocycles. The van der Waals surface area contributed by atoms with Crippen LogP contribution < -0.4 is 5.32 Å². The lowest BCUT2D eigenvalue weighted by atomic mass is 9.64. The predicted molar refractivity (Wildman–Crippen MR) is 67.7 cm³/mol. The zero-order valence-electron chi connectivity index (χ0n) is 9.55. The summed E-state index contributed by atoms with van der Waals surface area (Å²) >= 11 is 1.81. The number of hydrogen-bond acceptors (Lipinski definition) is 2. The van der Waals surface area contributed by atoms with Crippen molar-refractivity contribution in [1.29, 1.82) is 0 Å². The largest absolute Gasteiger partial charge is 0.319 e. The Labute approximate surface area is 96.7 Å². The average molecular weight is 221 g/mol. The summed E-state index contributed by atoms with van der Waals surface area (Å²) in [6.45, 7) is 1.12. The van der Waals surface area contributed by atoms with Crippen LogP contribution in [0.4, 0.5) is 0 Å². The van der Waals surface area contributed by atoms with Crippen LogP contribution in [0.25, 0.3) is 0 Å². The van der Waals surface area contributed by atoms with Crippen LogP contribution in [-0.4, -0.2) is 19.8 Å². The summed E-state index contributed by atoms with van der Waals surface area (Å²) in [7, 11) is 2.05. The monoisotopic (exact) mass is 221 g/mol. The van der Waals surface area contributed by atoms with Crippen molar-refractivity contribution in [2.24, 2.45) is 0 Å². The zero-order chi connectivity index (χ0) is 10.7. The lowest BCUT2D eigenvalue weighted by Crippen LogP contribution is -2.42. The first-order chi connectivity index (χ1) is 7.30. The SMILES string of the molecule is CNCC1(c2ccc(SC)cc2)CCC1. The van der Waals surface area contributed by atoms with E-state index in [1.807, 2.05) is 11.8 Å². The molecule has 1 aliphatic carbocycles. The standard InChI is InChI=1S/C13H19NS/c1-14-10-13(8-3-9-13)11-4-6-12(15-2)7-5-11/h4-7,14H,3,8-10H2,1-2H3. The predicted octanol–water partition coefficient (Wildman–Crippen LogP) is 3.05. The highest BCUT2D eigenvalue weighted by atomic mass is 32.2. The average Bonchev–Trinajstić information content (AvgIpc) is 2.24. The van der Waals surface area contributed by atoms with Crippen molar-refractivity contribution < 1.29 is 0 Å². The molecule has 0 radical (unpaired) electrons. The molecule has 0 atom stereocenters. The van der Waals surface area contributed by atoms with Gasteiger partial charge in [-0.25, -0.2) is 0 Å². The lowest BCUT2D eigenvalue weighted by Gasteiger charge is -2.42. The van der Waals surface area contributed by atoms with E-state index in [1.54, 1.807) is 0 Å². The maximum Gasteiger partial charge on any atom is 0.00776 e. The smallest absolute Gasteiger partial charge is 0.00776 e. The van der Waals surface area contributed by atoms with E-state index in [-0.39, 0.29) is 0 Å². The van der Waals surface area contributed by atoms with Crippen molar-refractivity contribution in [2.45, 2.75) is 29.6 Å². The highest BCUT2D eigenvalue weighted by Crippen LogP contribution is 2.43. The van der Waals surface area contributed by atoms with E-state index < -0.39 is 0 Å². The highest BCUT2D eigenvalue weighted by molar-refractivity contribution is 7.98. The van der Waals surface area contributed by atoms with Crippen LogP contribution in [0.1, 0.15) is 24.8 Å². The molecule has 0 unspecified atom stereocenters. The van der Waals surface area contributed by atoms with Crippen LogP contribution in [-0.2, 0) is 5.41 Å². The Balaban J connectivity index is 2.19. The van der Waals surface area contributed by atoms with Crippen molar-refractivity contribution in [3.05, 3.63) is 29.8 Å². The summed E-state index contributed by atoms with van der Waals surface area (Å²) in [6, 6.07) is 9.11. The molecular formula is C13H19NS. The Morgan fingerprint density at radius 3 is 2.33 bits per heavy atom. The van der Waals surface area contributed by atoms with E-state index in [0.29, 0.717) is 5.41 Å². The minimum absolute atomic E-state index is 0.436. The molecule has 0 amide bonds. The lowest BCUT2D eigenvalue weighted by molar-refractivity contribution is 0.239. The van der Waals surface area contributed by atoms with Crippen LogP contribution >= 0.6 is 11.8 Å². The second kappa shape index (κ2) is 4.58. The van der Waals surface area contributed by atoms with Gasteiger partial charge in [0.05, 0.1) is 0 Å². The quantitative estimate of drug-likeness (QED) is 0.784. The first kappa shape index (κ1) is 11.0. The third-order valence-corrected chi connectivity index (χ3v) is 4.27. The molecule has 1 N–H and O–H groups in total. The fraction of sp³-hybridized carbons (Fsp3) is 0.538. The van der Waals surface area contributed by atoms with Crippen molar-refractivity contribution in [2.75, 3.05) is 19.8 Å². The van der Waals surface area contributed by atoms with Gasteiger partial charge in [0.15, 0.2) is 0 Å². The van der Waals surface area contributed by atoms with Gasteiger partial charge in [-0.05, 0) is 43.8 Å². The van der Waals surface area contributed by atoms with Crippen LogP contribution in [0.2, 0.25) is 0 Å². The molecular weight excluding hydrogens is 202 g/mol. The van der Waals surface area contributed by atoms with Gasteiger partial charge >= 0.3 is 0 Å². The maximum absolute atomic E-state index is 3.33. The highest BCUT2D eigenvalue weighted by Gasteiger charge is 2.37. The van der Waals surface area contributed by atoms with Crippen LogP contribution in [0.15, 0.2) is 29.2 Å². The topological polar surface area (TPSA) is 12.0 Å². The van der Waals surface area contributed by atoms with Crippen LogP contribution in [0.5, 0.6) is 0 Å². The Morgan fingerprint density at radius 1 is 1.27 bits per heavy atom. The summed E-state index contributed by atoms with van der Waals surface area (Å²) in [4.78, 5) is 1.36. The van der Waals surface area contributed by atoms with E-state index in [1.165, 1.54) is 29.7 Å². The number of hydrogen-bond donors (Lipinski definition) is 1. The van der Waals surface area contributed by atoms with Gasteiger partial charge < -0.3 is 5.32 Å². The first-order valence-corrected chi connectivity index (χ1v) is 6.82. The van der Waals surface area contributed by atoms with E-state index in [4.69, 9.17) is 0 Å². The Bertz CT molecular complexity index is 314. The molecule has 1 aliphatic rings. The molecule has 0 heterocycles. The van der Waals surface area contributed by atoms with Gasteiger partial charge in [-0.2, -0.15) is 0 Å². The second-order valence-corrected chi connectivity index (χ2v) is 5.27. The van der Waals surface area contributed by atoms with Crippen molar-refractivity contribution in [3.63, 3.8) is 0 Å². The third kappa shape index (κ3) is 2.06. The summed E-state index contributed by atoms with van der Waals surface area (Å²) in [5.74, 6) is 0. The first-order valence-electron chi connectivity index (χ1n) is 5.60. The Kier molecular flexibility index (Phi) is 3.37. The van der Waals surface area contributed by atoms with Gasteiger partial charge in [-0.15, -0.1) is 11.8 Å². The minimum Gasteiger partial charge on any atom is -0.319 e. The van der Waals surface area contributed by atoms with Crippen LogP contribution in [0.3, 0.4) is 0 Å². The number of rotatable bonds is 4. The normalized spacial score (nSPS) is 18.5. The maximum atomic E-state index is 3.33. The molecule has 1 nitrogen and oxygen atoms in total. The molecule has 2 heteroatoms. The second-order valence-electron chi connectivity index (χ2n) is 4.39. The van der Waals surface area contributed by atoms with E-state index in [2.05, 4.69) is 42.9 Å². The van der Waals surface area contributed by atoms with Crippen molar-refractivity contribution >= 4 is 11.8 Å². The molecule has 0 bridgehead atoms. The van der Waals surface area contributed by atoms with E-state index in [0.717, 1.165) is 6.54 Å². The van der Waals surface area contributed by atoms with Gasteiger partial charge in [0.25, 0.3) is 0 Å². The van der Waals surface area contributed by atoms with Crippen molar-refractivity contribution in [1.82, 2.24) is 5.32 Å². The van der Waals surface area contributed by atoms with Gasteiger partial charge in [-0.1, -0.05) is 18.6 Å². The van der Waals surface area contributed by atoms with E-state index >= 15 is 0 Å². The Morgan fingerprint density at radius 2 is 1.93 bits per heavy atom. The number of likely N-dealkylation sites (N-methyl/N-ethyl adjacent to an activating group) is 1. The van der Waals surface area contributed by atoms with Crippen LogP contribution in [0, 0.1) is 0 Å². The number of benzene rings is 1. The summed E-state index contributed by atoms with van der Waals surface area (Å²) in [6.07, 6.45) is 6.19. The Hall–Kier alpha value is -0.470. The molecule has 15 heavy (non-hydrogen) atoms. The molecule has 1 aromatic rings. The summed E-state index contributed by atoms with van der Waals surface area (Å²) in [5, 5.41) is 3.33. The summed E-state index contributed by atoms with van der Waals surface area (Å²) in [5.41, 5.74) is 1.95. The molecule has 0 aromatic heterocycles. The molecule has 1 fully saturated rings. The fourth-order valence-electron chi connectivity index (χ4n) is 2.45. The van der Waals surface area contributed by atoms with E-state index in [9.17, 15) is 0 Å². The van der Waals surface area contributed by atoms with Gasteiger partial charge in [0.1, 0.15) is 0 Å². The summed E-state index contributed by atoms with van der Waals surface area (Å²) < 4.78 is 0. The minimum atomic E-state index is 0.436. The molecule has 2 rings (SSSR count). The van der Waals surface area contributed by atoms with Gasteiger partial charge in [0, 0.05) is 16.9 Å². The molecule has 1 saturated carbocycles. The number of nitrogens with one attached hydrogen (secondary N) is 1. The van der Waals surface area contributed by atoms with Gasteiger partial charge in [0.2, 0.25) is 0 Å². The third-order valence-electron chi connectivity index (χ3n) is 3.53. The van der Waals surface area contributed by atoms with Gasteiger partial charge in [-0.3, -0.25) is 0 Å². The molecule has 82 valence electrons. The molecule has 0 aliphatic heterocycles.